The minimum atomic E-state index is 0.601. The van der Waals surface area contributed by atoms with Crippen molar-refractivity contribution in [1.29, 1.82) is 0 Å². The average Bonchev–Trinajstić information content (AvgIpc) is 2.61. The Bertz CT molecular complexity index is 552. The van der Waals surface area contributed by atoms with E-state index in [1.54, 1.807) is 0 Å². The molecular formula is C17H23BrN2. The molecule has 3 rings (SSSR count). The van der Waals surface area contributed by atoms with Gasteiger partial charge in [0.15, 0.2) is 0 Å². The maximum atomic E-state index is 4.33. The highest BCUT2D eigenvalue weighted by Crippen LogP contribution is 2.48. The lowest BCUT2D eigenvalue weighted by Crippen LogP contribution is -2.38. The highest BCUT2D eigenvalue weighted by atomic mass is 79.9. The summed E-state index contributed by atoms with van der Waals surface area (Å²) in [4.78, 5) is 4.70. The molecule has 1 heterocycles. The highest BCUT2D eigenvalue weighted by molar-refractivity contribution is 9.10. The molecule has 1 saturated carbocycles. The Kier molecular flexibility index (Phi) is 3.57. The van der Waals surface area contributed by atoms with E-state index < -0.39 is 0 Å². The predicted octanol–water partition coefficient (Wildman–Crippen LogP) is 5.06. The van der Waals surface area contributed by atoms with Crippen LogP contribution in [-0.2, 0) is 0 Å². The van der Waals surface area contributed by atoms with Crippen molar-refractivity contribution in [2.24, 2.45) is 5.92 Å². The monoisotopic (exact) mass is 334 g/mol. The average molecular weight is 335 g/mol. The topological polar surface area (TPSA) is 6.48 Å². The molecule has 2 nitrogen and oxygen atoms in total. The van der Waals surface area contributed by atoms with E-state index in [1.807, 2.05) is 0 Å². The van der Waals surface area contributed by atoms with Gasteiger partial charge in [-0.15, -0.1) is 0 Å². The number of anilines is 2. The first-order valence-electron chi connectivity index (χ1n) is 7.51. The number of nitrogens with zero attached hydrogens (tertiary/aromatic N) is 2. The van der Waals surface area contributed by atoms with Crippen LogP contribution in [0.3, 0.4) is 0 Å². The van der Waals surface area contributed by atoms with E-state index in [-0.39, 0.29) is 0 Å². The standard InChI is InChI=1S/C17H23BrN2/c1-11-6-5-7-14(8-11)20-13(3)19(4)17-15(18)9-12(2)10-16(17)20/h9-11,14H,3,5-8H2,1-2,4H3/t11-,14?/m0/s1. The summed E-state index contributed by atoms with van der Waals surface area (Å²) in [7, 11) is 2.12. The molecule has 0 radical (unpaired) electrons. The van der Waals surface area contributed by atoms with Gasteiger partial charge in [-0.1, -0.05) is 26.3 Å². The Hall–Kier alpha value is -0.960. The maximum Gasteiger partial charge on any atom is 0.106 e. The molecule has 1 fully saturated rings. The van der Waals surface area contributed by atoms with Gasteiger partial charge in [0.05, 0.1) is 11.4 Å². The summed E-state index contributed by atoms with van der Waals surface area (Å²) in [5, 5.41) is 0. The summed E-state index contributed by atoms with van der Waals surface area (Å²) < 4.78 is 1.17. The number of halogens is 1. The zero-order chi connectivity index (χ0) is 14.4. The largest absolute Gasteiger partial charge is 0.329 e. The molecule has 1 aromatic rings. The number of benzene rings is 1. The van der Waals surface area contributed by atoms with Crippen molar-refractivity contribution in [3.05, 3.63) is 34.6 Å². The Labute approximate surface area is 130 Å². The zero-order valence-electron chi connectivity index (χ0n) is 12.6. The molecule has 2 atom stereocenters. The molecule has 0 bridgehead atoms. The number of fused-ring (bicyclic) bond motifs is 1. The minimum absolute atomic E-state index is 0.601. The summed E-state index contributed by atoms with van der Waals surface area (Å²) in [6.07, 6.45) is 5.26. The van der Waals surface area contributed by atoms with E-state index in [1.165, 1.54) is 47.1 Å². The normalized spacial score (nSPS) is 26.1. The van der Waals surface area contributed by atoms with Crippen molar-refractivity contribution < 1.29 is 0 Å². The second kappa shape index (κ2) is 5.10. The summed E-state index contributed by atoms with van der Waals surface area (Å²) in [6.45, 7) is 8.87. The molecular weight excluding hydrogens is 312 g/mol. The Morgan fingerprint density at radius 3 is 2.75 bits per heavy atom. The Morgan fingerprint density at radius 1 is 1.30 bits per heavy atom. The lowest BCUT2D eigenvalue weighted by Gasteiger charge is -2.36. The molecule has 1 aliphatic carbocycles. The van der Waals surface area contributed by atoms with Gasteiger partial charge in [-0.3, -0.25) is 0 Å². The van der Waals surface area contributed by atoms with Crippen LogP contribution in [-0.4, -0.2) is 13.1 Å². The van der Waals surface area contributed by atoms with E-state index in [0.29, 0.717) is 6.04 Å². The van der Waals surface area contributed by atoms with Crippen LogP contribution in [0, 0.1) is 12.8 Å². The maximum absolute atomic E-state index is 4.33. The Balaban J connectivity index is 2.03. The SMILES string of the molecule is C=C1N(C)c2c(Br)cc(C)cc2N1C1CCC[C@H](C)C1. The molecule has 20 heavy (non-hydrogen) atoms. The number of rotatable bonds is 1. The molecule has 0 amide bonds. The lowest BCUT2D eigenvalue weighted by molar-refractivity contribution is 0.338. The van der Waals surface area contributed by atoms with Crippen molar-refractivity contribution in [2.75, 3.05) is 16.8 Å². The predicted molar refractivity (Wildman–Crippen MR) is 90.3 cm³/mol. The molecule has 0 spiro atoms. The van der Waals surface area contributed by atoms with Gasteiger partial charge in [0.2, 0.25) is 0 Å². The molecule has 1 aromatic carbocycles. The fraction of sp³-hybridized carbons (Fsp3) is 0.529. The van der Waals surface area contributed by atoms with Gasteiger partial charge >= 0.3 is 0 Å². The number of aryl methyl sites for hydroxylation is 1. The second-order valence-electron chi connectivity index (χ2n) is 6.39. The van der Waals surface area contributed by atoms with Crippen molar-refractivity contribution >= 4 is 27.3 Å². The van der Waals surface area contributed by atoms with Crippen LogP contribution in [0.15, 0.2) is 29.0 Å². The van der Waals surface area contributed by atoms with Gasteiger partial charge < -0.3 is 9.80 Å². The fourth-order valence-corrected chi connectivity index (χ4v) is 4.54. The summed E-state index contributed by atoms with van der Waals surface area (Å²) in [5.41, 5.74) is 3.88. The molecule has 1 unspecified atom stereocenters. The highest BCUT2D eigenvalue weighted by Gasteiger charge is 2.35. The van der Waals surface area contributed by atoms with Crippen molar-refractivity contribution in [3.8, 4) is 0 Å². The first kappa shape index (κ1) is 14.0. The van der Waals surface area contributed by atoms with Crippen LogP contribution in [0.1, 0.15) is 38.2 Å². The summed E-state index contributed by atoms with van der Waals surface area (Å²) >= 11 is 3.72. The van der Waals surface area contributed by atoms with Gasteiger partial charge in [0.1, 0.15) is 5.82 Å². The lowest BCUT2D eigenvalue weighted by atomic mass is 9.86. The van der Waals surface area contributed by atoms with Gasteiger partial charge in [-0.25, -0.2) is 0 Å². The van der Waals surface area contributed by atoms with Crippen molar-refractivity contribution in [3.63, 3.8) is 0 Å². The van der Waals surface area contributed by atoms with Crippen LogP contribution in [0.5, 0.6) is 0 Å². The molecule has 0 aromatic heterocycles. The molecule has 1 aliphatic heterocycles. The molecule has 0 saturated heterocycles. The van der Waals surface area contributed by atoms with E-state index in [0.717, 1.165) is 11.7 Å². The van der Waals surface area contributed by atoms with Crippen molar-refractivity contribution in [1.82, 2.24) is 0 Å². The quantitative estimate of drug-likeness (QED) is 0.707. The molecule has 2 aliphatic rings. The zero-order valence-corrected chi connectivity index (χ0v) is 14.2. The van der Waals surface area contributed by atoms with Crippen LogP contribution in [0.4, 0.5) is 11.4 Å². The van der Waals surface area contributed by atoms with Gasteiger partial charge in [0.25, 0.3) is 0 Å². The van der Waals surface area contributed by atoms with Crippen LogP contribution in [0.2, 0.25) is 0 Å². The van der Waals surface area contributed by atoms with Gasteiger partial charge in [-0.2, -0.15) is 0 Å². The fourth-order valence-electron chi connectivity index (χ4n) is 3.71. The van der Waals surface area contributed by atoms with E-state index >= 15 is 0 Å². The summed E-state index contributed by atoms with van der Waals surface area (Å²) in [6, 6.07) is 5.09. The van der Waals surface area contributed by atoms with Crippen LogP contribution in [0.25, 0.3) is 0 Å². The summed E-state index contributed by atoms with van der Waals surface area (Å²) in [5.74, 6) is 1.94. The van der Waals surface area contributed by atoms with Gasteiger partial charge in [-0.05, 0) is 59.3 Å². The first-order chi connectivity index (χ1) is 9.49. The van der Waals surface area contributed by atoms with Crippen molar-refractivity contribution in [2.45, 2.75) is 45.6 Å². The second-order valence-corrected chi connectivity index (χ2v) is 7.24. The third-order valence-corrected chi connectivity index (χ3v) is 5.33. The van der Waals surface area contributed by atoms with Crippen LogP contribution < -0.4 is 9.80 Å². The minimum Gasteiger partial charge on any atom is -0.329 e. The van der Waals surface area contributed by atoms with E-state index in [9.17, 15) is 0 Å². The molecule has 0 N–H and O–H groups in total. The molecule has 3 heteroatoms. The van der Waals surface area contributed by atoms with E-state index in [4.69, 9.17) is 0 Å². The number of hydrogen-bond acceptors (Lipinski definition) is 2. The first-order valence-corrected chi connectivity index (χ1v) is 8.30. The molecule has 108 valence electrons. The van der Waals surface area contributed by atoms with E-state index in [2.05, 4.69) is 65.3 Å². The Morgan fingerprint density at radius 2 is 2.05 bits per heavy atom. The third-order valence-electron chi connectivity index (χ3n) is 4.72. The number of hydrogen-bond donors (Lipinski definition) is 0. The van der Waals surface area contributed by atoms with Crippen LogP contribution >= 0.6 is 15.9 Å². The van der Waals surface area contributed by atoms with Gasteiger partial charge in [0, 0.05) is 17.6 Å². The third kappa shape index (κ3) is 2.16. The smallest absolute Gasteiger partial charge is 0.106 e.